The van der Waals surface area contributed by atoms with Crippen molar-refractivity contribution in [3.05, 3.63) is 72.4 Å². The monoisotopic (exact) mass is 460 g/mol. The Labute approximate surface area is 196 Å². The summed E-state index contributed by atoms with van der Waals surface area (Å²) in [7, 11) is 0. The predicted molar refractivity (Wildman–Crippen MR) is 125 cm³/mol. The van der Waals surface area contributed by atoms with Gasteiger partial charge in [0.1, 0.15) is 11.6 Å². The number of ether oxygens (including phenoxy) is 3. The van der Waals surface area contributed by atoms with Crippen molar-refractivity contribution in [2.45, 2.75) is 0 Å². The number of nitrogens with one attached hydrogen (secondary N) is 1. The minimum Gasteiger partial charge on any atom is -0.484 e. The molecule has 0 spiro atoms. The van der Waals surface area contributed by atoms with Gasteiger partial charge in [-0.25, -0.2) is 4.98 Å². The summed E-state index contributed by atoms with van der Waals surface area (Å²) in [5, 5.41) is 2.78. The van der Waals surface area contributed by atoms with Crippen molar-refractivity contribution in [2.24, 2.45) is 0 Å². The van der Waals surface area contributed by atoms with Crippen LogP contribution in [0.2, 0.25) is 0 Å². The van der Waals surface area contributed by atoms with Crippen LogP contribution in [-0.2, 0) is 4.79 Å². The quantitative estimate of drug-likeness (QED) is 0.605. The van der Waals surface area contributed by atoms with E-state index in [-0.39, 0.29) is 25.2 Å². The number of para-hydroxylation sites is 1. The number of carbonyl (C=O) groups excluding carboxylic acids is 2. The Balaban J connectivity index is 1.11. The number of pyridine rings is 1. The third kappa shape index (κ3) is 4.88. The van der Waals surface area contributed by atoms with Gasteiger partial charge in [0.15, 0.2) is 18.1 Å². The van der Waals surface area contributed by atoms with Gasteiger partial charge in [-0.05, 0) is 42.5 Å². The molecule has 1 fully saturated rings. The SMILES string of the molecule is O=C(COc1ccccc1)Nc1ccc(N2CCN(C(=O)c3ccc4c(c3)OCO4)CC2)nc1. The lowest BCUT2D eigenvalue weighted by Crippen LogP contribution is -2.49. The molecule has 9 nitrogen and oxygen atoms in total. The number of nitrogens with zero attached hydrogens (tertiary/aromatic N) is 3. The molecule has 0 bridgehead atoms. The number of carbonyl (C=O) groups is 2. The number of aromatic nitrogens is 1. The summed E-state index contributed by atoms with van der Waals surface area (Å²) in [6.45, 7) is 2.61. The van der Waals surface area contributed by atoms with E-state index in [0.29, 0.717) is 54.7 Å². The van der Waals surface area contributed by atoms with Crippen molar-refractivity contribution in [3.63, 3.8) is 0 Å². The number of fused-ring (bicyclic) bond motifs is 1. The van der Waals surface area contributed by atoms with E-state index in [4.69, 9.17) is 14.2 Å². The number of piperazine rings is 1. The second-order valence-electron chi connectivity index (χ2n) is 7.90. The van der Waals surface area contributed by atoms with E-state index >= 15 is 0 Å². The Bertz CT molecular complexity index is 1160. The molecule has 2 aliphatic heterocycles. The lowest BCUT2D eigenvalue weighted by atomic mass is 10.1. The smallest absolute Gasteiger partial charge is 0.262 e. The molecule has 2 aliphatic rings. The average Bonchev–Trinajstić information content (AvgIpc) is 3.36. The first kappa shape index (κ1) is 21.6. The van der Waals surface area contributed by atoms with Gasteiger partial charge in [0.2, 0.25) is 6.79 Å². The third-order valence-corrected chi connectivity index (χ3v) is 5.66. The molecule has 9 heteroatoms. The van der Waals surface area contributed by atoms with Gasteiger partial charge < -0.3 is 29.3 Å². The molecule has 0 saturated carbocycles. The van der Waals surface area contributed by atoms with Crippen molar-refractivity contribution < 1.29 is 23.8 Å². The van der Waals surface area contributed by atoms with Gasteiger partial charge in [0.25, 0.3) is 11.8 Å². The van der Waals surface area contributed by atoms with Crippen LogP contribution in [0.15, 0.2) is 66.9 Å². The van der Waals surface area contributed by atoms with Crippen molar-refractivity contribution in [2.75, 3.05) is 49.8 Å². The van der Waals surface area contributed by atoms with Gasteiger partial charge in [-0.15, -0.1) is 0 Å². The second-order valence-corrected chi connectivity index (χ2v) is 7.90. The number of amides is 2. The predicted octanol–water partition coefficient (Wildman–Crippen LogP) is 2.79. The minimum atomic E-state index is -0.256. The van der Waals surface area contributed by atoms with Gasteiger partial charge in [-0.1, -0.05) is 18.2 Å². The van der Waals surface area contributed by atoms with E-state index in [0.717, 1.165) is 5.82 Å². The van der Waals surface area contributed by atoms with E-state index < -0.39 is 0 Å². The zero-order chi connectivity index (χ0) is 23.3. The molecule has 0 radical (unpaired) electrons. The summed E-state index contributed by atoms with van der Waals surface area (Å²) in [4.78, 5) is 33.4. The molecule has 5 rings (SSSR count). The molecule has 0 aliphatic carbocycles. The van der Waals surface area contributed by atoms with Crippen LogP contribution in [0.25, 0.3) is 0 Å². The molecule has 1 N–H and O–H groups in total. The zero-order valence-electron chi connectivity index (χ0n) is 18.5. The van der Waals surface area contributed by atoms with Crippen LogP contribution in [0.1, 0.15) is 10.4 Å². The van der Waals surface area contributed by atoms with Crippen LogP contribution in [0, 0.1) is 0 Å². The van der Waals surface area contributed by atoms with E-state index in [1.165, 1.54) is 0 Å². The van der Waals surface area contributed by atoms with Crippen LogP contribution in [0.3, 0.4) is 0 Å². The molecule has 0 unspecified atom stereocenters. The van der Waals surface area contributed by atoms with Gasteiger partial charge in [-0.3, -0.25) is 9.59 Å². The fraction of sp³-hybridized carbons (Fsp3) is 0.240. The minimum absolute atomic E-state index is 0.0262. The molecule has 2 amide bonds. The van der Waals surface area contributed by atoms with Gasteiger partial charge in [0, 0.05) is 31.7 Å². The Hall–Kier alpha value is -4.27. The largest absolute Gasteiger partial charge is 0.484 e. The molecule has 0 atom stereocenters. The standard InChI is InChI=1S/C25H24N4O5/c30-24(16-32-20-4-2-1-3-5-20)27-19-7-9-23(26-15-19)28-10-12-29(13-11-28)25(31)18-6-8-21-22(14-18)34-17-33-21/h1-9,14-15H,10-13,16-17H2,(H,27,30). The molecular formula is C25H24N4O5. The Morgan fingerprint density at radius 3 is 2.50 bits per heavy atom. The molecule has 3 aromatic rings. The topological polar surface area (TPSA) is 93.2 Å². The number of hydrogen-bond acceptors (Lipinski definition) is 7. The van der Waals surface area contributed by atoms with Crippen LogP contribution < -0.4 is 24.4 Å². The summed E-state index contributed by atoms with van der Waals surface area (Å²) < 4.78 is 16.1. The van der Waals surface area contributed by atoms with Crippen molar-refractivity contribution in [1.29, 1.82) is 0 Å². The fourth-order valence-corrected chi connectivity index (χ4v) is 3.86. The molecule has 2 aromatic carbocycles. The fourth-order valence-electron chi connectivity index (χ4n) is 3.86. The normalized spacial score (nSPS) is 14.6. The van der Waals surface area contributed by atoms with Gasteiger partial charge >= 0.3 is 0 Å². The first-order valence-electron chi connectivity index (χ1n) is 11.0. The van der Waals surface area contributed by atoms with Crippen molar-refractivity contribution in [1.82, 2.24) is 9.88 Å². The summed E-state index contributed by atoms with van der Waals surface area (Å²) >= 11 is 0. The Morgan fingerprint density at radius 2 is 1.74 bits per heavy atom. The highest BCUT2D eigenvalue weighted by molar-refractivity contribution is 5.95. The Morgan fingerprint density at radius 1 is 0.941 bits per heavy atom. The van der Waals surface area contributed by atoms with Crippen molar-refractivity contribution in [3.8, 4) is 17.2 Å². The number of anilines is 2. The highest BCUT2D eigenvalue weighted by atomic mass is 16.7. The molecule has 3 heterocycles. The first-order valence-corrected chi connectivity index (χ1v) is 11.0. The highest BCUT2D eigenvalue weighted by Gasteiger charge is 2.24. The van der Waals surface area contributed by atoms with E-state index in [1.807, 2.05) is 35.2 Å². The summed E-state index contributed by atoms with van der Waals surface area (Å²) in [5.74, 6) is 2.43. The molecule has 1 saturated heterocycles. The number of rotatable bonds is 6. The summed E-state index contributed by atoms with van der Waals surface area (Å²) in [6.07, 6.45) is 1.62. The van der Waals surface area contributed by atoms with Gasteiger partial charge in [-0.2, -0.15) is 0 Å². The zero-order valence-corrected chi connectivity index (χ0v) is 18.5. The van der Waals surface area contributed by atoms with E-state index in [2.05, 4.69) is 15.2 Å². The van der Waals surface area contributed by atoms with E-state index in [9.17, 15) is 9.59 Å². The van der Waals surface area contributed by atoms with Crippen LogP contribution in [-0.4, -0.2) is 61.3 Å². The van der Waals surface area contributed by atoms with Gasteiger partial charge in [0.05, 0.1) is 11.9 Å². The second kappa shape index (κ2) is 9.70. The highest BCUT2D eigenvalue weighted by Crippen LogP contribution is 2.33. The lowest BCUT2D eigenvalue weighted by molar-refractivity contribution is -0.118. The van der Waals surface area contributed by atoms with Crippen LogP contribution >= 0.6 is 0 Å². The Kier molecular flexibility index (Phi) is 6.15. The maximum Gasteiger partial charge on any atom is 0.262 e. The van der Waals surface area contributed by atoms with Crippen molar-refractivity contribution >= 4 is 23.3 Å². The third-order valence-electron chi connectivity index (χ3n) is 5.66. The summed E-state index contributed by atoms with van der Waals surface area (Å²) in [5.41, 5.74) is 1.19. The number of hydrogen-bond donors (Lipinski definition) is 1. The van der Waals surface area contributed by atoms with Crippen LogP contribution in [0.5, 0.6) is 17.2 Å². The molecular weight excluding hydrogens is 436 g/mol. The van der Waals surface area contributed by atoms with Crippen LogP contribution in [0.4, 0.5) is 11.5 Å². The molecule has 174 valence electrons. The number of benzene rings is 2. The summed E-state index contributed by atoms with van der Waals surface area (Å²) in [6, 6.07) is 18.1. The van der Waals surface area contributed by atoms with E-state index in [1.54, 1.807) is 36.5 Å². The molecule has 1 aromatic heterocycles. The maximum absolute atomic E-state index is 12.9. The maximum atomic E-state index is 12.9. The molecule has 34 heavy (non-hydrogen) atoms. The first-order chi connectivity index (χ1) is 16.7. The lowest BCUT2D eigenvalue weighted by Gasteiger charge is -2.35. The average molecular weight is 460 g/mol.